The molecule has 0 aliphatic heterocycles. The second-order valence-electron chi connectivity index (χ2n) is 16.4. The van der Waals surface area contributed by atoms with Gasteiger partial charge in [-0.1, -0.05) is 216 Å². The SMILES string of the molecule is CCCCCCCCCCCCCC(CC(O)CC(=O)[O-])OCc1ccccc1.CCCCCCCCCCCCCC(CC(O)CC(=O)[O-])OCc1ccccc1.[Ba+2]. The van der Waals surface area contributed by atoms with E-state index >= 15 is 0 Å². The number of unbranched alkanes of at least 4 members (excludes halogenated alkanes) is 20. The number of rotatable bonds is 38. The zero-order valence-corrected chi connectivity index (χ0v) is 41.8. The predicted molar refractivity (Wildman–Crippen MR) is 238 cm³/mol. The van der Waals surface area contributed by atoms with Crippen LogP contribution in [0, 0.1) is 0 Å². The number of ether oxygens (including phenoxy) is 2. The van der Waals surface area contributed by atoms with Crippen molar-refractivity contribution in [2.45, 2.75) is 231 Å². The van der Waals surface area contributed by atoms with E-state index < -0.39 is 24.1 Å². The van der Waals surface area contributed by atoms with Gasteiger partial charge in [-0.15, -0.1) is 0 Å². The molecule has 2 N–H and O–H groups in total. The average Bonchev–Trinajstić information content (AvgIpc) is 3.20. The molecule has 2 aromatic carbocycles. The summed E-state index contributed by atoms with van der Waals surface area (Å²) in [6, 6.07) is 19.9. The van der Waals surface area contributed by atoms with Crippen molar-refractivity contribution in [3.63, 3.8) is 0 Å². The van der Waals surface area contributed by atoms with Crippen LogP contribution >= 0.6 is 0 Å². The fraction of sp³-hybridized carbons (Fsp3) is 0.720. The monoisotopic (exact) mass is 949 g/mol. The summed E-state index contributed by atoms with van der Waals surface area (Å²) < 4.78 is 12.0. The van der Waals surface area contributed by atoms with Crippen molar-refractivity contribution in [3.8, 4) is 0 Å². The van der Waals surface area contributed by atoms with Gasteiger partial charge in [-0.05, 0) is 36.8 Å². The summed E-state index contributed by atoms with van der Waals surface area (Å²) in [5.41, 5.74) is 2.18. The van der Waals surface area contributed by atoms with Crippen LogP contribution < -0.4 is 10.2 Å². The number of aliphatic carboxylic acids is 2. The molecule has 0 aliphatic rings. The molecule has 0 aromatic heterocycles. The molecule has 0 heterocycles. The number of carbonyl (C=O) groups is 2. The molecule has 0 saturated carbocycles. The maximum Gasteiger partial charge on any atom is 2.00 e. The summed E-state index contributed by atoms with van der Waals surface area (Å²) in [4.78, 5) is 21.4. The Balaban J connectivity index is 0.00000112. The molecule has 4 atom stereocenters. The van der Waals surface area contributed by atoms with Gasteiger partial charge in [0.05, 0.1) is 37.6 Å². The number of benzene rings is 2. The average molecular weight is 949 g/mol. The van der Waals surface area contributed by atoms with E-state index in [1.54, 1.807) is 0 Å². The summed E-state index contributed by atoms with van der Waals surface area (Å²) in [5, 5.41) is 41.4. The van der Waals surface area contributed by atoms with E-state index in [1.807, 2.05) is 60.7 Å². The van der Waals surface area contributed by atoms with Crippen molar-refractivity contribution in [3.05, 3.63) is 71.8 Å². The normalized spacial score (nSPS) is 13.1. The fourth-order valence-corrected chi connectivity index (χ4v) is 7.35. The third-order valence-electron chi connectivity index (χ3n) is 10.8. The molecule has 9 heteroatoms. The van der Waals surface area contributed by atoms with Crippen LogP contribution in [0.25, 0.3) is 0 Å². The smallest absolute Gasteiger partial charge is 0.550 e. The Kier molecular flexibility index (Phi) is 41.2. The van der Waals surface area contributed by atoms with Crippen LogP contribution in [0.2, 0.25) is 0 Å². The number of carboxylic acids is 2. The molecule has 2 rings (SSSR count). The van der Waals surface area contributed by atoms with Gasteiger partial charge in [0.15, 0.2) is 0 Å². The van der Waals surface area contributed by atoms with Gasteiger partial charge >= 0.3 is 48.9 Å². The standard InChI is InChI=1S/2C25H42O4.Ba/c2*1-2-3-4-5-6-7-8-9-10-11-15-18-24(19-23(26)20-25(27)28)29-21-22-16-13-12-14-17-22;/h2*12-14,16-17,23-24,26H,2-11,15,18-21H2,1H3,(H,27,28);/q;;+2/p-2. The van der Waals surface area contributed by atoms with Gasteiger partial charge in [0.1, 0.15) is 0 Å². The minimum Gasteiger partial charge on any atom is -0.550 e. The van der Waals surface area contributed by atoms with Crippen molar-refractivity contribution in [1.82, 2.24) is 0 Å². The first-order valence-electron chi connectivity index (χ1n) is 23.3. The number of carbonyl (C=O) groups excluding carboxylic acids is 2. The van der Waals surface area contributed by atoms with Gasteiger partial charge < -0.3 is 39.5 Å². The minimum absolute atomic E-state index is 0. The molecule has 0 saturated heterocycles. The van der Waals surface area contributed by atoms with Gasteiger partial charge in [-0.2, -0.15) is 0 Å². The number of carboxylic acid groups (broad SMARTS) is 2. The zero-order chi connectivity index (χ0) is 42.3. The summed E-state index contributed by atoms with van der Waals surface area (Å²) in [7, 11) is 0. The van der Waals surface area contributed by atoms with Crippen LogP contribution in [0.1, 0.15) is 205 Å². The van der Waals surface area contributed by atoms with Gasteiger partial charge in [0.25, 0.3) is 0 Å². The summed E-state index contributed by atoms with van der Waals surface area (Å²) in [6.07, 6.45) is 28.1. The minimum atomic E-state index is -1.21. The molecule has 0 radical (unpaired) electrons. The molecule has 0 bridgehead atoms. The fourth-order valence-electron chi connectivity index (χ4n) is 7.35. The van der Waals surface area contributed by atoms with Crippen LogP contribution in [-0.2, 0) is 32.3 Å². The van der Waals surface area contributed by atoms with Crippen molar-refractivity contribution in [1.29, 1.82) is 0 Å². The van der Waals surface area contributed by atoms with E-state index in [2.05, 4.69) is 13.8 Å². The number of hydrogen-bond donors (Lipinski definition) is 2. The predicted octanol–water partition coefficient (Wildman–Crippen LogP) is 9.95. The first-order valence-corrected chi connectivity index (χ1v) is 23.3. The second kappa shape index (κ2) is 42.1. The third kappa shape index (κ3) is 38.2. The van der Waals surface area contributed by atoms with Crippen LogP contribution in [0.4, 0.5) is 0 Å². The number of aliphatic hydroxyl groups excluding tert-OH is 2. The summed E-state index contributed by atoms with van der Waals surface area (Å²) in [6.45, 7) is 5.48. The van der Waals surface area contributed by atoms with Crippen LogP contribution in [-0.4, -0.2) is 95.4 Å². The molecule has 0 amide bonds. The molecule has 0 spiro atoms. The van der Waals surface area contributed by atoms with E-state index in [9.17, 15) is 30.0 Å². The molecule has 4 unspecified atom stereocenters. The quantitative estimate of drug-likeness (QED) is 0.0501. The first kappa shape index (κ1) is 57.8. The molecule has 0 aliphatic carbocycles. The molecular weight excluding hydrogens is 866 g/mol. The Labute approximate surface area is 400 Å². The van der Waals surface area contributed by atoms with Crippen molar-refractivity contribution in [2.75, 3.05) is 0 Å². The Hall–Kier alpha value is -1.21. The maximum absolute atomic E-state index is 10.7. The molecule has 332 valence electrons. The largest absolute Gasteiger partial charge is 2.00 e. The van der Waals surface area contributed by atoms with E-state index in [4.69, 9.17) is 9.47 Å². The molecule has 2 aromatic rings. The van der Waals surface area contributed by atoms with Crippen LogP contribution in [0.5, 0.6) is 0 Å². The Bertz CT molecular complexity index is 1110. The van der Waals surface area contributed by atoms with Crippen molar-refractivity contribution >= 4 is 60.8 Å². The summed E-state index contributed by atoms with van der Waals surface area (Å²) in [5.74, 6) is -2.43. The molecule has 59 heavy (non-hydrogen) atoms. The maximum atomic E-state index is 10.7. The zero-order valence-electron chi connectivity index (χ0n) is 37.3. The Morgan fingerprint density at radius 3 is 1.02 bits per heavy atom. The molecular formula is C50H82BaO8. The topological polar surface area (TPSA) is 139 Å². The molecule has 0 fully saturated rings. The van der Waals surface area contributed by atoms with E-state index in [0.29, 0.717) is 26.1 Å². The van der Waals surface area contributed by atoms with Crippen molar-refractivity contribution < 1.29 is 39.5 Å². The van der Waals surface area contributed by atoms with Gasteiger partial charge in [0, 0.05) is 24.8 Å². The van der Waals surface area contributed by atoms with E-state index in [0.717, 1.165) is 49.7 Å². The van der Waals surface area contributed by atoms with Gasteiger partial charge in [-0.25, -0.2) is 0 Å². The van der Waals surface area contributed by atoms with Gasteiger partial charge in [-0.3, -0.25) is 0 Å². The first-order chi connectivity index (χ1) is 28.2. The number of aliphatic hydroxyl groups is 2. The van der Waals surface area contributed by atoms with Gasteiger partial charge in [0.2, 0.25) is 0 Å². The third-order valence-corrected chi connectivity index (χ3v) is 10.8. The van der Waals surface area contributed by atoms with Crippen molar-refractivity contribution in [2.24, 2.45) is 0 Å². The molecule has 8 nitrogen and oxygen atoms in total. The summed E-state index contributed by atoms with van der Waals surface area (Å²) >= 11 is 0. The van der Waals surface area contributed by atoms with E-state index in [1.165, 1.54) is 116 Å². The van der Waals surface area contributed by atoms with E-state index in [-0.39, 0.29) is 73.9 Å². The van der Waals surface area contributed by atoms with Crippen LogP contribution in [0.15, 0.2) is 60.7 Å². The Morgan fingerprint density at radius 1 is 0.475 bits per heavy atom. The number of hydrogen-bond acceptors (Lipinski definition) is 8. The second-order valence-corrected chi connectivity index (χ2v) is 16.4. The van der Waals surface area contributed by atoms with Crippen LogP contribution in [0.3, 0.4) is 0 Å². The Morgan fingerprint density at radius 2 is 0.746 bits per heavy atom.